The Balaban J connectivity index is 5.53. The predicted octanol–water partition coefficient (Wildman–Crippen LogP) is -2.08. The fourth-order valence-electron chi connectivity index (χ4n) is 1.33. The van der Waals surface area contributed by atoms with Crippen LogP contribution in [0.3, 0.4) is 0 Å². The van der Waals surface area contributed by atoms with E-state index in [2.05, 4.69) is 14.4 Å². The van der Waals surface area contributed by atoms with Crippen LogP contribution in [0.5, 0.6) is 0 Å². The molecular formula is C6H8N6O15. The van der Waals surface area contributed by atoms with E-state index in [1.807, 2.05) is 0 Å². The van der Waals surface area contributed by atoms with Gasteiger partial charge in [-0.3, -0.25) is 50.1 Å². The zero-order valence-corrected chi connectivity index (χ0v) is 12.6. The molecule has 21 heteroatoms. The van der Waals surface area contributed by atoms with Crippen molar-refractivity contribution in [3.05, 3.63) is 60.7 Å². The van der Waals surface area contributed by atoms with Gasteiger partial charge in [-0.2, -0.15) is 0 Å². The van der Waals surface area contributed by atoms with Gasteiger partial charge in [0.1, 0.15) is 19.7 Å². The fraction of sp³-hybridized carbons (Fsp3) is 1.00. The Kier molecular flexibility index (Phi) is 7.55. The second-order valence-electron chi connectivity index (χ2n) is 4.48. The van der Waals surface area contributed by atoms with Gasteiger partial charge in [-0.05, 0) is 0 Å². The SMILES string of the molecule is O=[N+]([O-])OCC(COCC(CO[N+](=O)[O-])([N+](=O)[O-])[N+](=O)[O-])([N+](=O)[O-])[N+](=O)[O-]. The van der Waals surface area contributed by atoms with Gasteiger partial charge >= 0.3 is 11.3 Å². The Hall–Kier alpha value is -4.04. The number of nitro groups is 4. The first-order valence-corrected chi connectivity index (χ1v) is 6.02. The number of ether oxygens (including phenoxy) is 1. The molecule has 0 radical (unpaired) electrons. The highest BCUT2D eigenvalue weighted by Crippen LogP contribution is 2.17. The van der Waals surface area contributed by atoms with Crippen molar-refractivity contribution >= 4 is 0 Å². The van der Waals surface area contributed by atoms with E-state index in [4.69, 9.17) is 0 Å². The van der Waals surface area contributed by atoms with E-state index < -0.39 is 67.6 Å². The Morgan fingerprint density at radius 1 is 0.519 bits per heavy atom. The third-order valence-electron chi connectivity index (χ3n) is 2.83. The van der Waals surface area contributed by atoms with E-state index >= 15 is 0 Å². The molecule has 0 spiro atoms. The van der Waals surface area contributed by atoms with Crippen molar-refractivity contribution in [1.29, 1.82) is 0 Å². The molecule has 0 rings (SSSR count). The maximum atomic E-state index is 10.9. The van der Waals surface area contributed by atoms with Crippen LogP contribution in [0.1, 0.15) is 0 Å². The zero-order valence-electron chi connectivity index (χ0n) is 12.6. The lowest BCUT2D eigenvalue weighted by molar-refractivity contribution is -0.844. The molecule has 0 aromatic rings. The summed E-state index contributed by atoms with van der Waals surface area (Å²) >= 11 is 0. The second-order valence-corrected chi connectivity index (χ2v) is 4.48. The predicted molar refractivity (Wildman–Crippen MR) is 70.2 cm³/mol. The average molecular weight is 404 g/mol. The molecule has 0 saturated heterocycles. The van der Waals surface area contributed by atoms with Crippen LogP contribution in [0.4, 0.5) is 0 Å². The van der Waals surface area contributed by atoms with E-state index in [1.165, 1.54) is 0 Å². The van der Waals surface area contributed by atoms with Crippen molar-refractivity contribution in [1.82, 2.24) is 0 Å². The first-order valence-electron chi connectivity index (χ1n) is 6.02. The van der Waals surface area contributed by atoms with E-state index in [9.17, 15) is 60.7 Å². The van der Waals surface area contributed by atoms with Gasteiger partial charge in [0.05, 0.1) is 0 Å². The monoisotopic (exact) mass is 404 g/mol. The van der Waals surface area contributed by atoms with Gasteiger partial charge in [-0.15, -0.1) is 20.2 Å². The summed E-state index contributed by atoms with van der Waals surface area (Å²) in [6.07, 6.45) is 0. The number of rotatable bonds is 14. The minimum absolute atomic E-state index is 1.61. The Morgan fingerprint density at radius 2 is 0.778 bits per heavy atom. The largest absolute Gasteiger partial charge is 0.503 e. The minimum Gasteiger partial charge on any atom is -0.351 e. The quantitative estimate of drug-likeness (QED) is 0.170. The van der Waals surface area contributed by atoms with Gasteiger partial charge in [0.15, 0.2) is 13.2 Å². The molecule has 0 N–H and O–H groups in total. The summed E-state index contributed by atoms with van der Waals surface area (Å²) in [7, 11) is 0. The van der Waals surface area contributed by atoms with E-state index in [0.29, 0.717) is 0 Å². The lowest BCUT2D eigenvalue weighted by atomic mass is 10.2. The van der Waals surface area contributed by atoms with Crippen LogP contribution >= 0.6 is 0 Å². The third-order valence-corrected chi connectivity index (χ3v) is 2.83. The summed E-state index contributed by atoms with van der Waals surface area (Å²) in [5.74, 6) is 0. The molecule has 0 bridgehead atoms. The van der Waals surface area contributed by atoms with Gasteiger partial charge < -0.3 is 4.74 Å². The smallest absolute Gasteiger partial charge is 0.351 e. The summed E-state index contributed by atoms with van der Waals surface area (Å²) in [4.78, 5) is 64.3. The molecule has 0 aliphatic rings. The van der Waals surface area contributed by atoms with Crippen LogP contribution in [0.2, 0.25) is 0 Å². The van der Waals surface area contributed by atoms with Gasteiger partial charge in [0.2, 0.25) is 13.2 Å². The van der Waals surface area contributed by atoms with Crippen LogP contribution in [-0.2, 0) is 14.4 Å². The van der Waals surface area contributed by atoms with E-state index in [1.54, 1.807) is 0 Å². The van der Waals surface area contributed by atoms with E-state index in [0.717, 1.165) is 0 Å². The highest BCUT2D eigenvalue weighted by molar-refractivity contribution is 4.70. The molecule has 0 aromatic heterocycles. The maximum absolute atomic E-state index is 10.9. The number of nitrogens with zero attached hydrogens (tertiary/aromatic N) is 6. The van der Waals surface area contributed by atoms with Gasteiger partial charge in [-0.1, -0.05) is 0 Å². The van der Waals surface area contributed by atoms with Crippen LogP contribution in [0, 0.1) is 60.7 Å². The maximum Gasteiger partial charge on any atom is 0.503 e. The van der Waals surface area contributed by atoms with Crippen molar-refractivity contribution in [2.24, 2.45) is 0 Å². The topological polar surface area (TPSA) is 287 Å². The van der Waals surface area contributed by atoms with Gasteiger partial charge in [-0.25, -0.2) is 0 Å². The molecule has 21 nitrogen and oxygen atoms in total. The second kappa shape index (κ2) is 8.88. The molecule has 0 unspecified atom stereocenters. The molecule has 0 heterocycles. The summed E-state index contributed by atoms with van der Waals surface area (Å²) in [5.41, 5.74) is -7.09. The highest BCUT2D eigenvalue weighted by Gasteiger charge is 2.62. The Morgan fingerprint density at radius 3 is 0.963 bits per heavy atom. The first-order chi connectivity index (χ1) is 12.3. The standard InChI is InChI=1S/C6H8N6O15/c13-7(14)5(8(15)16,3-26-11(21)22)1-25-2-6(9(17)18,10(19)20)4-27-12(23)24/h1-4H2. The molecule has 27 heavy (non-hydrogen) atoms. The zero-order chi connectivity index (χ0) is 21.4. The Bertz CT molecular complexity index is 565. The summed E-state index contributed by atoms with van der Waals surface area (Å²) in [6.45, 7) is -7.09. The Labute approximate surface area is 144 Å². The van der Waals surface area contributed by atoms with Crippen LogP contribution in [0.15, 0.2) is 0 Å². The molecule has 0 atom stereocenters. The molecule has 0 aliphatic heterocycles. The molecule has 0 fully saturated rings. The van der Waals surface area contributed by atoms with Crippen molar-refractivity contribution in [3.63, 3.8) is 0 Å². The van der Waals surface area contributed by atoms with Crippen LogP contribution in [-0.4, -0.2) is 67.6 Å². The fourth-order valence-corrected chi connectivity index (χ4v) is 1.33. The van der Waals surface area contributed by atoms with Crippen molar-refractivity contribution in [2.75, 3.05) is 26.4 Å². The third kappa shape index (κ3) is 5.48. The van der Waals surface area contributed by atoms with Gasteiger partial charge in [0, 0.05) is 0 Å². The molecule has 0 amide bonds. The van der Waals surface area contributed by atoms with Crippen molar-refractivity contribution in [2.45, 2.75) is 11.3 Å². The summed E-state index contributed by atoms with van der Waals surface area (Å²) < 4.78 is 4.30. The average Bonchev–Trinajstić information content (AvgIpc) is 2.51. The molecule has 0 saturated carbocycles. The van der Waals surface area contributed by atoms with Crippen molar-refractivity contribution < 1.29 is 44.3 Å². The minimum atomic E-state index is -3.55. The van der Waals surface area contributed by atoms with Crippen LogP contribution in [0.25, 0.3) is 0 Å². The summed E-state index contributed by atoms with van der Waals surface area (Å²) in [5, 5.41) is 60.6. The van der Waals surface area contributed by atoms with Crippen LogP contribution < -0.4 is 0 Å². The number of hydrogen-bond donors (Lipinski definition) is 0. The van der Waals surface area contributed by atoms with E-state index in [-0.39, 0.29) is 0 Å². The lowest BCUT2D eigenvalue weighted by Gasteiger charge is -2.19. The molecular weight excluding hydrogens is 396 g/mol. The first kappa shape index (κ1) is 23.0. The molecule has 152 valence electrons. The normalized spacial score (nSPS) is 11.3. The highest BCUT2D eigenvalue weighted by atomic mass is 17.0. The van der Waals surface area contributed by atoms with Gasteiger partial charge in [0.25, 0.3) is 10.2 Å². The molecule has 0 aliphatic carbocycles. The molecule has 0 aromatic carbocycles. The summed E-state index contributed by atoms with van der Waals surface area (Å²) in [6, 6.07) is 0. The lowest BCUT2D eigenvalue weighted by Crippen LogP contribution is -2.58. The number of hydrogen-bond acceptors (Lipinski definition) is 15. The van der Waals surface area contributed by atoms with Crippen molar-refractivity contribution in [3.8, 4) is 0 Å².